The Morgan fingerprint density at radius 2 is 2.00 bits per heavy atom. The summed E-state index contributed by atoms with van der Waals surface area (Å²) in [5.74, 6) is 0. The molecule has 11 heavy (non-hydrogen) atoms. The normalized spacial score (nSPS) is 10.1. The average Bonchev–Trinajstić information content (AvgIpc) is 2.04. The average molecular weight is 149 g/mol. The SMILES string of the molecule is CCc1cc(C)c(CC)cn1. The van der Waals surface area contributed by atoms with Gasteiger partial charge in [-0.15, -0.1) is 0 Å². The van der Waals surface area contributed by atoms with Crippen LogP contribution in [-0.4, -0.2) is 4.98 Å². The third-order valence-corrected chi connectivity index (χ3v) is 2.02. The maximum atomic E-state index is 4.33. The molecule has 0 N–H and O–H groups in total. The Balaban J connectivity index is 2.99. The van der Waals surface area contributed by atoms with Gasteiger partial charge in [-0.2, -0.15) is 0 Å². The molecule has 0 unspecified atom stereocenters. The van der Waals surface area contributed by atoms with Crippen molar-refractivity contribution in [1.82, 2.24) is 4.98 Å². The van der Waals surface area contributed by atoms with E-state index in [1.165, 1.54) is 16.8 Å². The van der Waals surface area contributed by atoms with Gasteiger partial charge in [-0.25, -0.2) is 0 Å². The van der Waals surface area contributed by atoms with Crippen molar-refractivity contribution in [2.75, 3.05) is 0 Å². The van der Waals surface area contributed by atoms with Crippen LogP contribution in [0.3, 0.4) is 0 Å². The van der Waals surface area contributed by atoms with Gasteiger partial charge in [-0.05, 0) is 37.0 Å². The number of pyridine rings is 1. The highest BCUT2D eigenvalue weighted by Gasteiger charge is 1.96. The molecule has 0 radical (unpaired) electrons. The highest BCUT2D eigenvalue weighted by atomic mass is 14.7. The molecule has 0 aliphatic heterocycles. The molecule has 0 fully saturated rings. The van der Waals surface area contributed by atoms with E-state index in [0.717, 1.165) is 12.8 Å². The van der Waals surface area contributed by atoms with Crippen LogP contribution in [0.15, 0.2) is 12.3 Å². The fourth-order valence-corrected chi connectivity index (χ4v) is 1.21. The van der Waals surface area contributed by atoms with Crippen LogP contribution < -0.4 is 0 Å². The monoisotopic (exact) mass is 149 g/mol. The second kappa shape index (κ2) is 3.51. The number of hydrogen-bond acceptors (Lipinski definition) is 1. The summed E-state index contributed by atoms with van der Waals surface area (Å²) in [6.45, 7) is 6.45. The summed E-state index contributed by atoms with van der Waals surface area (Å²) in [4.78, 5) is 4.33. The number of aromatic nitrogens is 1. The maximum absolute atomic E-state index is 4.33. The Kier molecular flexibility index (Phi) is 2.64. The molecular weight excluding hydrogens is 134 g/mol. The summed E-state index contributed by atoms with van der Waals surface area (Å²) in [7, 11) is 0. The van der Waals surface area contributed by atoms with E-state index in [1.54, 1.807) is 0 Å². The van der Waals surface area contributed by atoms with Crippen molar-refractivity contribution in [3.8, 4) is 0 Å². The predicted molar refractivity (Wildman–Crippen MR) is 47.7 cm³/mol. The summed E-state index contributed by atoms with van der Waals surface area (Å²) in [6, 6.07) is 2.18. The first kappa shape index (κ1) is 8.25. The van der Waals surface area contributed by atoms with Gasteiger partial charge in [0.15, 0.2) is 0 Å². The summed E-state index contributed by atoms with van der Waals surface area (Å²) >= 11 is 0. The third-order valence-electron chi connectivity index (χ3n) is 2.02. The van der Waals surface area contributed by atoms with Crippen molar-refractivity contribution in [2.24, 2.45) is 0 Å². The Hall–Kier alpha value is -0.850. The first-order valence-electron chi connectivity index (χ1n) is 4.22. The van der Waals surface area contributed by atoms with E-state index in [-0.39, 0.29) is 0 Å². The first-order valence-corrected chi connectivity index (χ1v) is 4.22. The minimum absolute atomic E-state index is 1.03. The van der Waals surface area contributed by atoms with E-state index in [9.17, 15) is 0 Å². The molecule has 1 aromatic heterocycles. The van der Waals surface area contributed by atoms with Crippen LogP contribution >= 0.6 is 0 Å². The van der Waals surface area contributed by atoms with E-state index in [1.807, 2.05) is 6.20 Å². The molecule has 0 aliphatic carbocycles. The molecule has 60 valence electrons. The molecule has 0 spiro atoms. The molecule has 1 nitrogen and oxygen atoms in total. The molecule has 0 saturated carbocycles. The predicted octanol–water partition coefficient (Wildman–Crippen LogP) is 2.51. The van der Waals surface area contributed by atoms with E-state index < -0.39 is 0 Å². The largest absolute Gasteiger partial charge is 0.261 e. The second-order valence-electron chi connectivity index (χ2n) is 2.81. The quantitative estimate of drug-likeness (QED) is 0.629. The van der Waals surface area contributed by atoms with E-state index in [4.69, 9.17) is 0 Å². The zero-order valence-corrected chi connectivity index (χ0v) is 7.52. The summed E-state index contributed by atoms with van der Waals surface area (Å²) in [5.41, 5.74) is 3.93. The van der Waals surface area contributed by atoms with Crippen LogP contribution in [0.1, 0.15) is 30.7 Å². The summed E-state index contributed by atoms with van der Waals surface area (Å²) in [5, 5.41) is 0. The fourth-order valence-electron chi connectivity index (χ4n) is 1.21. The van der Waals surface area contributed by atoms with Crippen LogP contribution in [0.2, 0.25) is 0 Å². The zero-order chi connectivity index (χ0) is 8.27. The van der Waals surface area contributed by atoms with Gasteiger partial charge in [0.25, 0.3) is 0 Å². The number of nitrogens with zero attached hydrogens (tertiary/aromatic N) is 1. The summed E-state index contributed by atoms with van der Waals surface area (Å²) < 4.78 is 0. The minimum atomic E-state index is 1.03. The van der Waals surface area contributed by atoms with Crippen molar-refractivity contribution in [3.63, 3.8) is 0 Å². The molecule has 0 aliphatic rings. The molecule has 0 atom stereocenters. The smallest absolute Gasteiger partial charge is 0.0403 e. The lowest BCUT2D eigenvalue weighted by molar-refractivity contribution is 0.988. The Bertz CT molecular complexity index is 241. The lowest BCUT2D eigenvalue weighted by Crippen LogP contribution is -1.92. The maximum Gasteiger partial charge on any atom is 0.0403 e. The van der Waals surface area contributed by atoms with Gasteiger partial charge >= 0.3 is 0 Å². The van der Waals surface area contributed by atoms with Gasteiger partial charge in [0, 0.05) is 11.9 Å². The third kappa shape index (κ3) is 1.79. The van der Waals surface area contributed by atoms with Crippen LogP contribution in [0, 0.1) is 6.92 Å². The molecule has 0 bridgehead atoms. The van der Waals surface area contributed by atoms with Crippen molar-refractivity contribution in [1.29, 1.82) is 0 Å². The van der Waals surface area contributed by atoms with Gasteiger partial charge in [0.05, 0.1) is 0 Å². The van der Waals surface area contributed by atoms with Gasteiger partial charge in [0.2, 0.25) is 0 Å². The van der Waals surface area contributed by atoms with Crippen LogP contribution in [0.25, 0.3) is 0 Å². The van der Waals surface area contributed by atoms with Gasteiger partial charge in [0.1, 0.15) is 0 Å². The van der Waals surface area contributed by atoms with Gasteiger partial charge in [-0.1, -0.05) is 13.8 Å². The van der Waals surface area contributed by atoms with Gasteiger partial charge in [-0.3, -0.25) is 4.98 Å². The Labute approximate surface area is 68.5 Å². The fraction of sp³-hybridized carbons (Fsp3) is 0.500. The van der Waals surface area contributed by atoms with Crippen molar-refractivity contribution in [3.05, 3.63) is 29.1 Å². The minimum Gasteiger partial charge on any atom is -0.261 e. The number of aryl methyl sites for hydroxylation is 3. The van der Waals surface area contributed by atoms with Crippen LogP contribution in [0.4, 0.5) is 0 Å². The Morgan fingerprint density at radius 1 is 1.27 bits per heavy atom. The molecule has 0 saturated heterocycles. The molecule has 1 heterocycles. The first-order chi connectivity index (χ1) is 5.27. The van der Waals surface area contributed by atoms with Gasteiger partial charge < -0.3 is 0 Å². The molecule has 1 rings (SSSR count). The molecule has 0 aromatic carbocycles. The van der Waals surface area contributed by atoms with E-state index in [0.29, 0.717) is 0 Å². The topological polar surface area (TPSA) is 12.9 Å². The van der Waals surface area contributed by atoms with E-state index in [2.05, 4.69) is 31.8 Å². The number of rotatable bonds is 2. The second-order valence-corrected chi connectivity index (χ2v) is 2.81. The number of hydrogen-bond donors (Lipinski definition) is 0. The lowest BCUT2D eigenvalue weighted by Gasteiger charge is -2.03. The van der Waals surface area contributed by atoms with Crippen LogP contribution in [0.5, 0.6) is 0 Å². The molecule has 1 heteroatoms. The van der Waals surface area contributed by atoms with Crippen molar-refractivity contribution < 1.29 is 0 Å². The summed E-state index contributed by atoms with van der Waals surface area (Å²) in [6.07, 6.45) is 4.11. The van der Waals surface area contributed by atoms with Crippen molar-refractivity contribution in [2.45, 2.75) is 33.6 Å². The molecule has 1 aromatic rings. The standard InChI is InChI=1S/C10H15N/c1-4-9-7-11-10(5-2)6-8(9)3/h6-7H,4-5H2,1-3H3. The Morgan fingerprint density at radius 3 is 2.45 bits per heavy atom. The highest BCUT2D eigenvalue weighted by Crippen LogP contribution is 2.08. The van der Waals surface area contributed by atoms with Crippen molar-refractivity contribution >= 4 is 0 Å². The highest BCUT2D eigenvalue weighted by molar-refractivity contribution is 5.25. The zero-order valence-electron chi connectivity index (χ0n) is 7.52. The molecule has 0 amide bonds. The lowest BCUT2D eigenvalue weighted by atomic mass is 10.1. The molecular formula is C10H15N. The van der Waals surface area contributed by atoms with Crippen LogP contribution in [-0.2, 0) is 12.8 Å². The van der Waals surface area contributed by atoms with E-state index >= 15 is 0 Å².